The van der Waals surface area contributed by atoms with Crippen molar-refractivity contribution in [1.82, 2.24) is 0 Å². The minimum atomic E-state index is -0.463. The summed E-state index contributed by atoms with van der Waals surface area (Å²) >= 11 is 0. The van der Waals surface area contributed by atoms with Gasteiger partial charge in [0.05, 0.1) is 11.7 Å². The zero-order chi connectivity index (χ0) is 11.0. The van der Waals surface area contributed by atoms with E-state index in [1.165, 1.54) is 32.1 Å². The number of ether oxygens (including phenoxy) is 1. The molecule has 1 heterocycles. The summed E-state index contributed by atoms with van der Waals surface area (Å²) in [5.41, 5.74) is -0.326. The molecule has 16 heavy (non-hydrogen) atoms. The molecule has 1 spiro atoms. The first-order valence-electron chi connectivity index (χ1n) is 6.75. The molecule has 2 heteroatoms. The van der Waals surface area contributed by atoms with Crippen molar-refractivity contribution in [3.05, 3.63) is 0 Å². The average molecular weight is 217 g/mol. The first-order valence-corrected chi connectivity index (χ1v) is 6.75. The van der Waals surface area contributed by atoms with Crippen LogP contribution in [0.15, 0.2) is 0 Å². The summed E-state index contributed by atoms with van der Waals surface area (Å²) in [6.07, 6.45) is 8.02. The van der Waals surface area contributed by atoms with Crippen molar-refractivity contribution < 1.29 is 4.74 Å². The first kappa shape index (κ1) is 9.48. The molecular weight excluding hydrogens is 198 g/mol. The highest BCUT2D eigenvalue weighted by molar-refractivity contribution is 5.20. The fourth-order valence-corrected chi connectivity index (χ4v) is 5.44. The van der Waals surface area contributed by atoms with Crippen LogP contribution in [0.25, 0.3) is 0 Å². The molecule has 4 saturated carbocycles. The van der Waals surface area contributed by atoms with E-state index in [4.69, 9.17) is 10.00 Å². The van der Waals surface area contributed by atoms with Crippen molar-refractivity contribution in [2.45, 2.75) is 56.7 Å². The summed E-state index contributed by atoms with van der Waals surface area (Å²) < 4.78 is 6.18. The minimum Gasteiger partial charge on any atom is -0.353 e. The smallest absolute Gasteiger partial charge is 0.155 e. The molecule has 86 valence electrons. The van der Waals surface area contributed by atoms with Crippen molar-refractivity contribution in [2.24, 2.45) is 23.7 Å². The van der Waals surface area contributed by atoms with Gasteiger partial charge in [-0.05, 0) is 62.7 Å². The van der Waals surface area contributed by atoms with E-state index >= 15 is 0 Å². The fourth-order valence-electron chi connectivity index (χ4n) is 5.44. The lowest BCUT2D eigenvalue weighted by molar-refractivity contribution is -0.325. The van der Waals surface area contributed by atoms with Gasteiger partial charge in [0.25, 0.3) is 0 Å². The predicted molar refractivity (Wildman–Crippen MR) is 59.5 cm³/mol. The van der Waals surface area contributed by atoms with Gasteiger partial charge in [0, 0.05) is 6.42 Å². The van der Waals surface area contributed by atoms with E-state index < -0.39 is 5.60 Å². The summed E-state index contributed by atoms with van der Waals surface area (Å²) in [5, 5.41) is 9.11. The molecule has 0 N–H and O–H groups in total. The summed E-state index contributed by atoms with van der Waals surface area (Å²) in [7, 11) is 0. The second-order valence-corrected chi connectivity index (χ2v) is 6.88. The molecule has 2 nitrogen and oxygen atoms in total. The largest absolute Gasteiger partial charge is 0.353 e. The second kappa shape index (κ2) is 2.64. The lowest BCUT2D eigenvalue weighted by Crippen LogP contribution is -2.70. The summed E-state index contributed by atoms with van der Waals surface area (Å²) in [6, 6.07) is 2.34. The van der Waals surface area contributed by atoms with E-state index in [1.807, 2.05) is 6.92 Å². The molecule has 5 rings (SSSR count). The molecule has 1 atom stereocenters. The first-order chi connectivity index (χ1) is 7.63. The van der Waals surface area contributed by atoms with Gasteiger partial charge in [0.2, 0.25) is 0 Å². The Bertz CT molecular complexity index is 345. The van der Waals surface area contributed by atoms with Crippen LogP contribution in [0.2, 0.25) is 0 Å². The third kappa shape index (κ3) is 0.966. The molecule has 0 unspecified atom stereocenters. The van der Waals surface area contributed by atoms with E-state index in [-0.39, 0.29) is 5.60 Å². The van der Waals surface area contributed by atoms with Crippen LogP contribution in [-0.4, -0.2) is 11.2 Å². The van der Waals surface area contributed by atoms with E-state index in [0.29, 0.717) is 0 Å². The Balaban J connectivity index is 1.65. The molecule has 0 radical (unpaired) electrons. The maximum Gasteiger partial charge on any atom is 0.155 e. The summed E-state index contributed by atoms with van der Waals surface area (Å²) in [4.78, 5) is 0. The Labute approximate surface area is 97.0 Å². The van der Waals surface area contributed by atoms with Crippen LogP contribution in [0.4, 0.5) is 0 Å². The van der Waals surface area contributed by atoms with Crippen molar-refractivity contribution in [1.29, 1.82) is 5.26 Å². The van der Waals surface area contributed by atoms with Gasteiger partial charge in [-0.2, -0.15) is 5.26 Å². The topological polar surface area (TPSA) is 33.0 Å². The number of nitriles is 1. The van der Waals surface area contributed by atoms with E-state index in [2.05, 4.69) is 6.07 Å². The minimum absolute atomic E-state index is 0.137. The van der Waals surface area contributed by atoms with Gasteiger partial charge in [-0.15, -0.1) is 0 Å². The summed E-state index contributed by atoms with van der Waals surface area (Å²) in [5.74, 6) is 3.55. The zero-order valence-corrected chi connectivity index (χ0v) is 9.91. The predicted octanol–water partition coefficient (Wildman–Crippen LogP) is 2.88. The van der Waals surface area contributed by atoms with Crippen molar-refractivity contribution in [2.75, 3.05) is 0 Å². The quantitative estimate of drug-likeness (QED) is 0.625. The molecule has 1 saturated heterocycles. The highest BCUT2D eigenvalue weighted by atomic mass is 16.6. The third-order valence-corrected chi connectivity index (χ3v) is 5.79. The highest BCUT2D eigenvalue weighted by Crippen LogP contribution is 2.66. The molecule has 5 aliphatic rings. The monoisotopic (exact) mass is 217 g/mol. The van der Waals surface area contributed by atoms with E-state index in [1.54, 1.807) is 0 Å². The van der Waals surface area contributed by atoms with Crippen LogP contribution >= 0.6 is 0 Å². The molecule has 0 amide bonds. The van der Waals surface area contributed by atoms with Gasteiger partial charge in [-0.3, -0.25) is 0 Å². The SMILES string of the molecule is C[C@]1(C#N)CC2(O1)C1CC3CC(C1)CC2C3. The molecular formula is C14H19NO. The number of nitrogens with zero attached hydrogens (tertiary/aromatic N) is 1. The van der Waals surface area contributed by atoms with E-state index in [0.717, 1.165) is 30.1 Å². The van der Waals surface area contributed by atoms with Crippen LogP contribution in [0.5, 0.6) is 0 Å². The molecule has 5 fully saturated rings. The van der Waals surface area contributed by atoms with Gasteiger partial charge in [0.1, 0.15) is 0 Å². The number of hydrogen-bond donors (Lipinski definition) is 0. The Morgan fingerprint density at radius 3 is 2.00 bits per heavy atom. The maximum absolute atomic E-state index is 9.11. The molecule has 0 aromatic carbocycles. The molecule has 0 aromatic rings. The van der Waals surface area contributed by atoms with Crippen molar-refractivity contribution in [3.63, 3.8) is 0 Å². The van der Waals surface area contributed by atoms with Crippen LogP contribution in [0, 0.1) is 35.0 Å². The average Bonchev–Trinajstić information content (AvgIpc) is 2.21. The lowest BCUT2D eigenvalue weighted by Gasteiger charge is -2.67. The number of rotatable bonds is 0. The van der Waals surface area contributed by atoms with Gasteiger partial charge < -0.3 is 4.74 Å². The maximum atomic E-state index is 9.11. The lowest BCUT2D eigenvalue weighted by atomic mass is 9.46. The highest BCUT2D eigenvalue weighted by Gasteiger charge is 2.66. The Hall–Kier alpha value is -0.550. The Morgan fingerprint density at radius 2 is 1.56 bits per heavy atom. The standard InChI is InChI=1S/C14H19NO/c1-13(8-15)7-14(16-13)11-3-9-2-10(5-11)6-12(14)4-9/h9-12H,2-7H2,1H3/t9?,10?,11?,12?,13-,14?/m1/s1. The van der Waals surface area contributed by atoms with Crippen LogP contribution in [0.1, 0.15) is 45.4 Å². The zero-order valence-electron chi connectivity index (χ0n) is 9.91. The molecule has 4 aliphatic carbocycles. The number of hydrogen-bond acceptors (Lipinski definition) is 2. The van der Waals surface area contributed by atoms with Gasteiger partial charge in [0.15, 0.2) is 5.60 Å². The Morgan fingerprint density at radius 1 is 1.06 bits per heavy atom. The third-order valence-electron chi connectivity index (χ3n) is 5.79. The molecule has 0 aromatic heterocycles. The Kier molecular flexibility index (Phi) is 1.57. The van der Waals surface area contributed by atoms with Gasteiger partial charge in [-0.25, -0.2) is 0 Å². The van der Waals surface area contributed by atoms with Crippen molar-refractivity contribution >= 4 is 0 Å². The van der Waals surface area contributed by atoms with Crippen molar-refractivity contribution in [3.8, 4) is 6.07 Å². The normalized spacial score (nSPS) is 62.0. The second-order valence-electron chi connectivity index (χ2n) is 6.88. The van der Waals surface area contributed by atoms with Gasteiger partial charge >= 0.3 is 0 Å². The summed E-state index contributed by atoms with van der Waals surface area (Å²) in [6.45, 7) is 1.96. The van der Waals surface area contributed by atoms with Crippen LogP contribution in [-0.2, 0) is 4.74 Å². The molecule has 1 aliphatic heterocycles. The fraction of sp³-hybridized carbons (Fsp3) is 0.929. The van der Waals surface area contributed by atoms with Crippen LogP contribution in [0.3, 0.4) is 0 Å². The molecule has 4 bridgehead atoms. The van der Waals surface area contributed by atoms with Crippen LogP contribution < -0.4 is 0 Å². The van der Waals surface area contributed by atoms with Gasteiger partial charge in [-0.1, -0.05) is 0 Å². The van der Waals surface area contributed by atoms with E-state index in [9.17, 15) is 0 Å².